The number of hydrogen-bond donors (Lipinski definition) is 1. The summed E-state index contributed by atoms with van der Waals surface area (Å²) in [7, 11) is 0. The Hall–Kier alpha value is 0.0300. The SMILES string of the molecule is Clc1ccc(Br)c(CNc2cc(I)ccc2Cl)c1. The van der Waals surface area contributed by atoms with E-state index in [1.807, 2.05) is 36.4 Å². The topological polar surface area (TPSA) is 12.0 Å². The highest BCUT2D eigenvalue weighted by Gasteiger charge is 2.04. The van der Waals surface area contributed by atoms with Crippen molar-refractivity contribution in [2.24, 2.45) is 0 Å². The lowest BCUT2D eigenvalue weighted by Crippen LogP contribution is -2.01. The summed E-state index contributed by atoms with van der Waals surface area (Å²) in [5.41, 5.74) is 2.02. The van der Waals surface area contributed by atoms with E-state index >= 15 is 0 Å². The van der Waals surface area contributed by atoms with Gasteiger partial charge in [-0.05, 0) is 64.6 Å². The number of benzene rings is 2. The molecule has 0 unspecified atom stereocenters. The standard InChI is InChI=1S/C13H9BrCl2IN/c14-11-3-1-9(15)5-8(11)7-18-13-6-10(17)2-4-12(13)16/h1-6,18H,7H2. The second kappa shape index (κ2) is 6.46. The van der Waals surface area contributed by atoms with Crippen LogP contribution in [0.15, 0.2) is 40.9 Å². The van der Waals surface area contributed by atoms with Crippen LogP contribution in [-0.4, -0.2) is 0 Å². The van der Waals surface area contributed by atoms with Crippen molar-refractivity contribution >= 4 is 67.4 Å². The molecule has 0 saturated carbocycles. The maximum Gasteiger partial charge on any atom is 0.0638 e. The molecule has 0 aromatic heterocycles. The molecule has 0 fully saturated rings. The molecule has 2 aromatic rings. The molecule has 0 atom stereocenters. The van der Waals surface area contributed by atoms with Crippen LogP contribution in [0, 0.1) is 3.57 Å². The van der Waals surface area contributed by atoms with Crippen LogP contribution in [0.5, 0.6) is 0 Å². The first-order valence-electron chi connectivity index (χ1n) is 5.19. The molecule has 0 aliphatic rings. The molecule has 2 aromatic carbocycles. The summed E-state index contributed by atoms with van der Waals surface area (Å²) in [6.45, 7) is 0.668. The van der Waals surface area contributed by atoms with Crippen LogP contribution < -0.4 is 5.32 Å². The predicted molar refractivity (Wildman–Crippen MR) is 90.6 cm³/mol. The Balaban J connectivity index is 2.16. The van der Waals surface area contributed by atoms with E-state index in [-0.39, 0.29) is 0 Å². The van der Waals surface area contributed by atoms with Crippen molar-refractivity contribution in [3.05, 3.63) is 60.0 Å². The number of rotatable bonds is 3. The summed E-state index contributed by atoms with van der Waals surface area (Å²) >= 11 is 17.9. The molecule has 18 heavy (non-hydrogen) atoms. The predicted octanol–water partition coefficient (Wildman–Crippen LogP) is 5.97. The third-order valence-corrected chi connectivity index (χ3v) is 4.41. The van der Waals surface area contributed by atoms with Gasteiger partial charge in [0, 0.05) is 19.6 Å². The smallest absolute Gasteiger partial charge is 0.0638 e. The first-order valence-corrected chi connectivity index (χ1v) is 7.82. The van der Waals surface area contributed by atoms with Crippen LogP contribution in [0.25, 0.3) is 0 Å². The molecule has 0 saturated heterocycles. The molecule has 5 heteroatoms. The van der Waals surface area contributed by atoms with Gasteiger partial charge in [0.1, 0.15) is 0 Å². The van der Waals surface area contributed by atoms with Crippen LogP contribution in [0.1, 0.15) is 5.56 Å². The zero-order valence-corrected chi connectivity index (χ0v) is 14.4. The number of nitrogens with one attached hydrogen (secondary N) is 1. The molecule has 0 bridgehead atoms. The fraction of sp³-hybridized carbons (Fsp3) is 0.0769. The molecule has 0 amide bonds. The number of anilines is 1. The lowest BCUT2D eigenvalue weighted by Gasteiger charge is -2.10. The molecular weight excluding hydrogens is 448 g/mol. The summed E-state index contributed by atoms with van der Waals surface area (Å²) in [4.78, 5) is 0. The molecule has 1 nitrogen and oxygen atoms in total. The van der Waals surface area contributed by atoms with Gasteiger partial charge in [0.15, 0.2) is 0 Å². The van der Waals surface area contributed by atoms with Crippen LogP contribution in [-0.2, 0) is 6.54 Å². The maximum absolute atomic E-state index is 6.13. The Morgan fingerprint density at radius 2 is 1.89 bits per heavy atom. The Morgan fingerprint density at radius 1 is 1.11 bits per heavy atom. The summed E-state index contributed by atoms with van der Waals surface area (Å²) in [6.07, 6.45) is 0. The van der Waals surface area contributed by atoms with Gasteiger partial charge < -0.3 is 5.32 Å². The van der Waals surface area contributed by atoms with Crippen molar-refractivity contribution in [2.45, 2.75) is 6.54 Å². The summed E-state index contributed by atoms with van der Waals surface area (Å²) < 4.78 is 2.17. The van der Waals surface area contributed by atoms with E-state index in [0.29, 0.717) is 11.6 Å². The second-order valence-electron chi connectivity index (χ2n) is 3.71. The molecule has 94 valence electrons. The average molecular weight is 457 g/mol. The van der Waals surface area contributed by atoms with Gasteiger partial charge in [-0.3, -0.25) is 0 Å². The Labute approximate surface area is 138 Å². The van der Waals surface area contributed by atoms with E-state index in [1.165, 1.54) is 0 Å². The van der Waals surface area contributed by atoms with Gasteiger partial charge in [-0.15, -0.1) is 0 Å². The van der Waals surface area contributed by atoms with Crippen molar-refractivity contribution in [3.63, 3.8) is 0 Å². The van der Waals surface area contributed by atoms with Crippen molar-refractivity contribution in [1.29, 1.82) is 0 Å². The van der Waals surface area contributed by atoms with Crippen LogP contribution in [0.2, 0.25) is 10.0 Å². The molecular formula is C13H9BrCl2IN. The molecule has 2 rings (SSSR count). The van der Waals surface area contributed by atoms with Crippen molar-refractivity contribution < 1.29 is 0 Å². The first kappa shape index (κ1) is 14.4. The highest BCUT2D eigenvalue weighted by atomic mass is 127. The van der Waals surface area contributed by atoms with Crippen LogP contribution >= 0.6 is 61.7 Å². The summed E-state index contributed by atoms with van der Waals surface area (Å²) in [5, 5.41) is 4.75. The number of halogens is 4. The van der Waals surface area contributed by atoms with Gasteiger partial charge >= 0.3 is 0 Å². The van der Waals surface area contributed by atoms with Crippen molar-refractivity contribution in [1.82, 2.24) is 0 Å². The minimum absolute atomic E-state index is 0.668. The van der Waals surface area contributed by atoms with Gasteiger partial charge in [-0.25, -0.2) is 0 Å². The summed E-state index contributed by atoms with van der Waals surface area (Å²) in [5.74, 6) is 0. The minimum Gasteiger partial charge on any atom is -0.380 e. The monoisotopic (exact) mass is 455 g/mol. The fourth-order valence-corrected chi connectivity index (χ4v) is 2.76. The van der Waals surface area contributed by atoms with Crippen molar-refractivity contribution in [3.8, 4) is 0 Å². The quantitative estimate of drug-likeness (QED) is 0.561. The normalized spacial score (nSPS) is 10.4. The van der Waals surface area contributed by atoms with Crippen LogP contribution in [0.3, 0.4) is 0 Å². The van der Waals surface area contributed by atoms with E-state index in [2.05, 4.69) is 43.8 Å². The molecule has 0 spiro atoms. The van der Waals surface area contributed by atoms with E-state index in [0.717, 1.165) is 24.3 Å². The van der Waals surface area contributed by atoms with Gasteiger partial charge in [-0.1, -0.05) is 39.1 Å². The Bertz CT molecular complexity index is 523. The molecule has 0 radical (unpaired) electrons. The Kier molecular flexibility index (Phi) is 5.18. The first-order chi connectivity index (χ1) is 8.56. The molecule has 0 heterocycles. The van der Waals surface area contributed by atoms with E-state index in [9.17, 15) is 0 Å². The summed E-state index contributed by atoms with van der Waals surface area (Å²) in [6, 6.07) is 11.6. The third kappa shape index (κ3) is 3.76. The minimum atomic E-state index is 0.668. The molecule has 0 aliphatic carbocycles. The van der Waals surface area contributed by atoms with Gasteiger partial charge in [-0.2, -0.15) is 0 Å². The van der Waals surface area contributed by atoms with Gasteiger partial charge in [0.25, 0.3) is 0 Å². The van der Waals surface area contributed by atoms with E-state index in [1.54, 1.807) is 0 Å². The third-order valence-electron chi connectivity index (χ3n) is 2.41. The van der Waals surface area contributed by atoms with Gasteiger partial charge in [0.05, 0.1) is 10.7 Å². The zero-order chi connectivity index (χ0) is 13.1. The lowest BCUT2D eigenvalue weighted by atomic mass is 10.2. The largest absolute Gasteiger partial charge is 0.380 e. The highest BCUT2D eigenvalue weighted by Crippen LogP contribution is 2.26. The fourth-order valence-electron chi connectivity index (χ4n) is 1.50. The average Bonchev–Trinajstić information content (AvgIpc) is 2.34. The van der Waals surface area contributed by atoms with Gasteiger partial charge in [0.2, 0.25) is 0 Å². The highest BCUT2D eigenvalue weighted by molar-refractivity contribution is 14.1. The second-order valence-corrected chi connectivity index (χ2v) is 6.66. The van der Waals surface area contributed by atoms with E-state index in [4.69, 9.17) is 23.2 Å². The lowest BCUT2D eigenvalue weighted by molar-refractivity contribution is 1.14. The molecule has 1 N–H and O–H groups in total. The Morgan fingerprint density at radius 3 is 2.67 bits per heavy atom. The maximum atomic E-state index is 6.13. The van der Waals surface area contributed by atoms with Crippen LogP contribution in [0.4, 0.5) is 5.69 Å². The molecule has 0 aliphatic heterocycles. The number of hydrogen-bond acceptors (Lipinski definition) is 1. The zero-order valence-electron chi connectivity index (χ0n) is 9.18. The van der Waals surface area contributed by atoms with E-state index < -0.39 is 0 Å². The van der Waals surface area contributed by atoms with Crippen molar-refractivity contribution in [2.75, 3.05) is 5.32 Å².